The molecule has 0 aromatic heterocycles. The second kappa shape index (κ2) is 5.38. The van der Waals surface area contributed by atoms with Gasteiger partial charge in [0.15, 0.2) is 0 Å². The van der Waals surface area contributed by atoms with Crippen LogP contribution in [0, 0.1) is 11.7 Å². The first kappa shape index (κ1) is 12.9. The third-order valence-corrected chi connectivity index (χ3v) is 3.56. The molecule has 1 heterocycles. The fraction of sp³-hybridized carbons (Fsp3) is 0.500. The second-order valence-corrected chi connectivity index (χ2v) is 4.66. The summed E-state index contributed by atoms with van der Waals surface area (Å²) in [4.78, 5) is 13.9. The smallest absolute Gasteiger partial charge is 0.256 e. The molecule has 0 aliphatic carbocycles. The lowest BCUT2D eigenvalue weighted by Crippen LogP contribution is -2.29. The van der Waals surface area contributed by atoms with Crippen LogP contribution < -0.4 is 4.74 Å². The van der Waals surface area contributed by atoms with Crippen molar-refractivity contribution < 1.29 is 13.9 Å². The molecular formula is C14H18FNO2. The molecule has 1 aromatic carbocycles. The third-order valence-electron chi connectivity index (χ3n) is 3.56. The lowest BCUT2D eigenvalue weighted by Gasteiger charge is -2.17. The predicted octanol–water partition coefficient (Wildman–Crippen LogP) is 2.71. The molecule has 0 saturated carbocycles. The van der Waals surface area contributed by atoms with Crippen LogP contribution >= 0.6 is 0 Å². The maximum atomic E-state index is 13.8. The normalized spacial score (nSPS) is 19.1. The molecule has 18 heavy (non-hydrogen) atoms. The molecule has 1 aliphatic heterocycles. The van der Waals surface area contributed by atoms with Crippen LogP contribution in [0.25, 0.3) is 0 Å². The van der Waals surface area contributed by atoms with Crippen molar-refractivity contribution in [3.05, 3.63) is 29.6 Å². The summed E-state index contributed by atoms with van der Waals surface area (Å²) in [6, 6.07) is 4.36. The predicted molar refractivity (Wildman–Crippen MR) is 67.3 cm³/mol. The van der Waals surface area contributed by atoms with Gasteiger partial charge in [-0.25, -0.2) is 4.39 Å². The molecule has 1 aliphatic rings. The standard InChI is InChI=1S/C14H18FNO2/c1-3-10-6-7-16(9-10)14(17)12-5-4-11(18-2)8-13(12)15/h4-5,8,10H,3,6-7,9H2,1-2H3. The topological polar surface area (TPSA) is 29.5 Å². The first-order chi connectivity index (χ1) is 8.65. The van der Waals surface area contributed by atoms with Crippen LogP contribution in [0.4, 0.5) is 4.39 Å². The Hall–Kier alpha value is -1.58. The van der Waals surface area contributed by atoms with Crippen LogP contribution in [-0.4, -0.2) is 31.0 Å². The number of rotatable bonds is 3. The number of halogens is 1. The summed E-state index contributed by atoms with van der Waals surface area (Å²) >= 11 is 0. The van der Waals surface area contributed by atoms with Gasteiger partial charge in [0.25, 0.3) is 5.91 Å². The molecule has 1 fully saturated rings. The highest BCUT2D eigenvalue weighted by atomic mass is 19.1. The van der Waals surface area contributed by atoms with Gasteiger partial charge >= 0.3 is 0 Å². The van der Waals surface area contributed by atoms with Gasteiger partial charge in [0, 0.05) is 19.2 Å². The van der Waals surface area contributed by atoms with E-state index in [0.29, 0.717) is 11.7 Å². The van der Waals surface area contributed by atoms with Crippen LogP contribution in [0.2, 0.25) is 0 Å². The quantitative estimate of drug-likeness (QED) is 0.826. The van der Waals surface area contributed by atoms with Gasteiger partial charge in [-0.2, -0.15) is 0 Å². The van der Waals surface area contributed by atoms with E-state index in [1.54, 1.807) is 11.0 Å². The molecule has 4 heteroatoms. The minimum atomic E-state index is -0.515. The highest BCUT2D eigenvalue weighted by Crippen LogP contribution is 2.23. The zero-order valence-corrected chi connectivity index (χ0v) is 10.8. The zero-order valence-electron chi connectivity index (χ0n) is 10.8. The minimum Gasteiger partial charge on any atom is -0.497 e. The Labute approximate surface area is 107 Å². The van der Waals surface area contributed by atoms with Crippen LogP contribution in [0.3, 0.4) is 0 Å². The Morgan fingerprint density at radius 2 is 2.33 bits per heavy atom. The van der Waals surface area contributed by atoms with E-state index in [4.69, 9.17) is 4.74 Å². The summed E-state index contributed by atoms with van der Waals surface area (Å²) in [7, 11) is 1.47. The molecule has 1 unspecified atom stereocenters. The lowest BCUT2D eigenvalue weighted by atomic mass is 10.1. The third kappa shape index (κ3) is 2.47. The molecule has 1 aromatic rings. The maximum Gasteiger partial charge on any atom is 0.256 e. The summed E-state index contributed by atoms with van der Waals surface area (Å²) in [6.07, 6.45) is 2.08. The van der Waals surface area contributed by atoms with E-state index in [9.17, 15) is 9.18 Å². The molecule has 3 nitrogen and oxygen atoms in total. The number of benzene rings is 1. The molecule has 0 radical (unpaired) electrons. The SMILES string of the molecule is CCC1CCN(C(=O)c2ccc(OC)cc2F)C1. The molecule has 1 atom stereocenters. The van der Waals surface area contributed by atoms with E-state index in [1.807, 2.05) is 0 Å². The summed E-state index contributed by atoms with van der Waals surface area (Å²) in [5.41, 5.74) is 0.132. The highest BCUT2D eigenvalue weighted by molar-refractivity contribution is 5.94. The van der Waals surface area contributed by atoms with Crippen molar-refractivity contribution in [1.82, 2.24) is 4.90 Å². The number of carbonyl (C=O) groups excluding carboxylic acids is 1. The number of hydrogen-bond acceptors (Lipinski definition) is 2. The van der Waals surface area contributed by atoms with Gasteiger partial charge in [0.1, 0.15) is 11.6 Å². The van der Waals surface area contributed by atoms with Gasteiger partial charge in [-0.3, -0.25) is 4.79 Å². The second-order valence-electron chi connectivity index (χ2n) is 4.66. The first-order valence-corrected chi connectivity index (χ1v) is 6.28. The summed E-state index contributed by atoms with van der Waals surface area (Å²) in [5, 5.41) is 0. The Morgan fingerprint density at radius 1 is 1.56 bits per heavy atom. The molecular weight excluding hydrogens is 233 g/mol. The van der Waals surface area contributed by atoms with Gasteiger partial charge in [-0.05, 0) is 24.5 Å². The van der Waals surface area contributed by atoms with E-state index in [-0.39, 0.29) is 11.5 Å². The molecule has 1 amide bonds. The largest absolute Gasteiger partial charge is 0.497 e. The average molecular weight is 251 g/mol. The maximum absolute atomic E-state index is 13.8. The Morgan fingerprint density at radius 3 is 2.89 bits per heavy atom. The van der Waals surface area contributed by atoms with Gasteiger partial charge in [0.05, 0.1) is 12.7 Å². The van der Waals surface area contributed by atoms with Crippen LogP contribution in [-0.2, 0) is 0 Å². The Balaban J connectivity index is 2.14. The van der Waals surface area contributed by atoms with Gasteiger partial charge < -0.3 is 9.64 Å². The number of likely N-dealkylation sites (tertiary alicyclic amines) is 1. The van der Waals surface area contributed by atoms with Crippen molar-refractivity contribution in [1.29, 1.82) is 0 Å². The van der Waals surface area contributed by atoms with Crippen LogP contribution in [0.15, 0.2) is 18.2 Å². The van der Waals surface area contributed by atoms with Crippen molar-refractivity contribution in [3.8, 4) is 5.75 Å². The van der Waals surface area contributed by atoms with Crippen molar-refractivity contribution in [3.63, 3.8) is 0 Å². The van der Waals surface area contributed by atoms with Crippen LogP contribution in [0.5, 0.6) is 5.75 Å². The molecule has 0 spiro atoms. The number of hydrogen-bond donors (Lipinski definition) is 0. The number of nitrogens with zero attached hydrogens (tertiary/aromatic N) is 1. The number of carbonyl (C=O) groups is 1. The molecule has 0 N–H and O–H groups in total. The fourth-order valence-corrected chi connectivity index (χ4v) is 2.32. The molecule has 2 rings (SSSR count). The van der Waals surface area contributed by atoms with E-state index in [0.717, 1.165) is 25.9 Å². The lowest BCUT2D eigenvalue weighted by molar-refractivity contribution is 0.0782. The summed E-state index contributed by atoms with van der Waals surface area (Å²) in [5.74, 6) is 0.248. The molecule has 98 valence electrons. The van der Waals surface area contributed by atoms with E-state index in [2.05, 4.69) is 6.92 Å². The monoisotopic (exact) mass is 251 g/mol. The van der Waals surface area contributed by atoms with Crippen LogP contribution in [0.1, 0.15) is 30.1 Å². The summed E-state index contributed by atoms with van der Waals surface area (Å²) < 4.78 is 18.7. The zero-order chi connectivity index (χ0) is 13.1. The summed E-state index contributed by atoms with van der Waals surface area (Å²) in [6.45, 7) is 3.58. The number of ether oxygens (including phenoxy) is 1. The van der Waals surface area contributed by atoms with Crippen molar-refractivity contribution in [2.75, 3.05) is 20.2 Å². The van der Waals surface area contributed by atoms with E-state index < -0.39 is 5.82 Å². The van der Waals surface area contributed by atoms with Crippen molar-refractivity contribution in [2.45, 2.75) is 19.8 Å². The molecule has 0 bridgehead atoms. The van der Waals surface area contributed by atoms with Crippen molar-refractivity contribution in [2.24, 2.45) is 5.92 Å². The first-order valence-electron chi connectivity index (χ1n) is 6.28. The van der Waals surface area contributed by atoms with E-state index >= 15 is 0 Å². The van der Waals surface area contributed by atoms with Crippen molar-refractivity contribution >= 4 is 5.91 Å². The molecule has 1 saturated heterocycles. The number of amides is 1. The Bertz CT molecular complexity index is 447. The van der Waals surface area contributed by atoms with Gasteiger partial charge in [0.2, 0.25) is 0 Å². The Kier molecular flexibility index (Phi) is 3.84. The fourth-order valence-electron chi connectivity index (χ4n) is 2.32. The average Bonchev–Trinajstić information content (AvgIpc) is 2.86. The minimum absolute atomic E-state index is 0.132. The number of methoxy groups -OCH3 is 1. The highest BCUT2D eigenvalue weighted by Gasteiger charge is 2.27. The van der Waals surface area contributed by atoms with E-state index in [1.165, 1.54) is 19.2 Å². The van der Waals surface area contributed by atoms with Gasteiger partial charge in [-0.1, -0.05) is 13.3 Å². The van der Waals surface area contributed by atoms with Gasteiger partial charge in [-0.15, -0.1) is 0 Å².